The number of halogens is 1. The first-order chi connectivity index (χ1) is 9.58. The number of aromatic amines is 1. The van der Waals surface area contributed by atoms with E-state index in [2.05, 4.69) is 26.1 Å². The van der Waals surface area contributed by atoms with Gasteiger partial charge in [0.1, 0.15) is 5.69 Å². The van der Waals surface area contributed by atoms with Crippen molar-refractivity contribution in [3.05, 3.63) is 40.6 Å². The minimum atomic E-state index is -0.890. The van der Waals surface area contributed by atoms with E-state index in [0.29, 0.717) is 10.2 Å². The van der Waals surface area contributed by atoms with Gasteiger partial charge >= 0.3 is 5.97 Å². The van der Waals surface area contributed by atoms with Gasteiger partial charge in [0.2, 0.25) is 0 Å². The first-order valence-corrected chi connectivity index (χ1v) is 6.86. The van der Waals surface area contributed by atoms with Gasteiger partial charge in [-0.05, 0) is 22.0 Å². The van der Waals surface area contributed by atoms with Crippen molar-refractivity contribution in [1.82, 2.24) is 14.8 Å². The second-order valence-corrected chi connectivity index (χ2v) is 5.40. The summed E-state index contributed by atoms with van der Waals surface area (Å²) in [5, 5.41) is 17.0. The summed E-state index contributed by atoms with van der Waals surface area (Å²) in [5.41, 5.74) is 3.39. The van der Waals surface area contributed by atoms with Crippen LogP contribution >= 0.6 is 15.9 Å². The molecule has 0 fully saturated rings. The Bertz CT molecular complexity index is 804. The fourth-order valence-corrected chi connectivity index (χ4v) is 2.87. The number of hydrogen-bond donors (Lipinski definition) is 2. The van der Waals surface area contributed by atoms with Crippen molar-refractivity contribution in [2.45, 2.75) is 6.42 Å². The van der Waals surface area contributed by atoms with E-state index in [4.69, 9.17) is 5.11 Å². The highest BCUT2D eigenvalue weighted by atomic mass is 79.9. The molecule has 6 heteroatoms. The minimum absolute atomic E-state index is 0.0850. The zero-order valence-corrected chi connectivity index (χ0v) is 12.3. The lowest BCUT2D eigenvalue weighted by Gasteiger charge is -1.96. The summed E-state index contributed by atoms with van der Waals surface area (Å²) in [7, 11) is 1.98. The maximum Gasteiger partial charge on any atom is 0.309 e. The van der Waals surface area contributed by atoms with E-state index in [-0.39, 0.29) is 6.42 Å². The molecule has 2 N–H and O–H groups in total. The third kappa shape index (κ3) is 2.02. The number of nitrogens with one attached hydrogen (secondary N) is 1. The van der Waals surface area contributed by atoms with Crippen LogP contribution in [0.3, 0.4) is 0 Å². The molecule has 0 spiro atoms. The SMILES string of the molecule is Cn1cc(-c2n[nH]c(CC(=O)O)c2Br)c2ccccc21. The van der Waals surface area contributed by atoms with Gasteiger partial charge < -0.3 is 9.67 Å². The number of H-pyrrole nitrogens is 1. The number of carboxylic acids is 1. The molecule has 0 unspecified atom stereocenters. The standard InChI is InChI=1S/C14H12BrN3O2/c1-18-7-9(8-4-2-3-5-11(8)18)14-13(15)10(16-17-14)6-12(19)20/h2-5,7H,6H2,1H3,(H,16,17)(H,19,20). The molecule has 0 aliphatic carbocycles. The summed E-state index contributed by atoms with van der Waals surface area (Å²) in [6, 6.07) is 8.03. The van der Waals surface area contributed by atoms with Gasteiger partial charge in [0.15, 0.2) is 0 Å². The lowest BCUT2D eigenvalue weighted by atomic mass is 10.1. The molecule has 102 valence electrons. The number of fused-ring (bicyclic) bond motifs is 1. The van der Waals surface area contributed by atoms with Crippen LogP contribution in [0, 0.1) is 0 Å². The van der Waals surface area contributed by atoms with Gasteiger partial charge in [-0.25, -0.2) is 0 Å². The summed E-state index contributed by atoms with van der Waals surface area (Å²) in [4.78, 5) is 10.8. The quantitative estimate of drug-likeness (QED) is 0.774. The summed E-state index contributed by atoms with van der Waals surface area (Å²) in [6.45, 7) is 0. The minimum Gasteiger partial charge on any atom is -0.481 e. The van der Waals surface area contributed by atoms with Gasteiger partial charge in [0.05, 0.1) is 16.6 Å². The Morgan fingerprint density at radius 1 is 1.45 bits per heavy atom. The maximum absolute atomic E-state index is 10.8. The molecule has 5 nitrogen and oxygen atoms in total. The highest BCUT2D eigenvalue weighted by Gasteiger charge is 2.18. The van der Waals surface area contributed by atoms with Crippen molar-refractivity contribution < 1.29 is 9.90 Å². The number of carboxylic acid groups (broad SMARTS) is 1. The Kier molecular flexibility index (Phi) is 3.10. The van der Waals surface area contributed by atoms with Gasteiger partial charge in [-0.3, -0.25) is 9.89 Å². The molecule has 3 rings (SSSR count). The van der Waals surface area contributed by atoms with E-state index in [0.717, 1.165) is 22.2 Å². The van der Waals surface area contributed by atoms with Crippen LogP contribution in [0.5, 0.6) is 0 Å². The second-order valence-electron chi connectivity index (χ2n) is 4.61. The molecule has 0 bridgehead atoms. The fraction of sp³-hybridized carbons (Fsp3) is 0.143. The van der Waals surface area contributed by atoms with Crippen LogP contribution in [0.15, 0.2) is 34.9 Å². The molecule has 20 heavy (non-hydrogen) atoms. The number of para-hydroxylation sites is 1. The lowest BCUT2D eigenvalue weighted by molar-refractivity contribution is -0.136. The molecule has 0 saturated heterocycles. The predicted octanol–water partition coefficient (Wildman–Crippen LogP) is 2.96. The summed E-state index contributed by atoms with van der Waals surface area (Å²) in [6.07, 6.45) is 1.91. The van der Waals surface area contributed by atoms with Gasteiger partial charge in [-0.15, -0.1) is 0 Å². The van der Waals surface area contributed by atoms with Gasteiger partial charge in [-0.2, -0.15) is 5.10 Å². The zero-order chi connectivity index (χ0) is 14.3. The molecular weight excluding hydrogens is 322 g/mol. The molecule has 0 radical (unpaired) electrons. The molecule has 3 aromatic rings. The molecular formula is C14H12BrN3O2. The first-order valence-electron chi connectivity index (χ1n) is 6.07. The predicted molar refractivity (Wildman–Crippen MR) is 79.5 cm³/mol. The van der Waals surface area contributed by atoms with Crippen LogP contribution in [0.4, 0.5) is 0 Å². The van der Waals surface area contributed by atoms with Gasteiger partial charge in [0, 0.05) is 29.7 Å². The van der Waals surface area contributed by atoms with E-state index < -0.39 is 5.97 Å². The highest BCUT2D eigenvalue weighted by Crippen LogP contribution is 2.34. The van der Waals surface area contributed by atoms with Crippen LogP contribution in [0.25, 0.3) is 22.2 Å². The number of nitrogens with zero attached hydrogens (tertiary/aromatic N) is 2. The molecule has 0 atom stereocenters. The van der Waals surface area contributed by atoms with Crippen LogP contribution < -0.4 is 0 Å². The number of hydrogen-bond acceptors (Lipinski definition) is 2. The van der Waals surface area contributed by atoms with E-state index in [9.17, 15) is 4.79 Å². The highest BCUT2D eigenvalue weighted by molar-refractivity contribution is 9.10. The summed E-state index contributed by atoms with van der Waals surface area (Å²) in [5.74, 6) is -0.890. The average Bonchev–Trinajstić information content (AvgIpc) is 2.92. The first kappa shape index (κ1) is 12.9. The molecule has 0 saturated carbocycles. The normalized spacial score (nSPS) is 11.1. The van der Waals surface area contributed by atoms with Crippen molar-refractivity contribution in [3.63, 3.8) is 0 Å². The largest absolute Gasteiger partial charge is 0.481 e. The van der Waals surface area contributed by atoms with Crippen LogP contribution in [0.2, 0.25) is 0 Å². The number of carbonyl (C=O) groups is 1. The number of benzene rings is 1. The Morgan fingerprint density at radius 3 is 2.95 bits per heavy atom. The third-order valence-electron chi connectivity index (χ3n) is 3.26. The second kappa shape index (κ2) is 4.79. The number of aromatic nitrogens is 3. The van der Waals surface area contributed by atoms with E-state index in [1.165, 1.54) is 0 Å². The molecule has 0 aliphatic rings. The van der Waals surface area contributed by atoms with E-state index in [1.807, 2.05) is 42.1 Å². The number of aryl methyl sites for hydroxylation is 1. The molecule has 0 amide bonds. The van der Waals surface area contributed by atoms with Crippen molar-refractivity contribution in [2.75, 3.05) is 0 Å². The average molecular weight is 334 g/mol. The van der Waals surface area contributed by atoms with Crippen molar-refractivity contribution in [1.29, 1.82) is 0 Å². The summed E-state index contributed by atoms with van der Waals surface area (Å²) < 4.78 is 2.74. The van der Waals surface area contributed by atoms with Gasteiger partial charge in [0.25, 0.3) is 0 Å². The van der Waals surface area contributed by atoms with Crippen LogP contribution in [-0.4, -0.2) is 25.8 Å². The molecule has 1 aromatic carbocycles. The maximum atomic E-state index is 10.8. The van der Waals surface area contributed by atoms with Gasteiger partial charge in [-0.1, -0.05) is 18.2 Å². The lowest BCUT2D eigenvalue weighted by Crippen LogP contribution is -2.00. The topological polar surface area (TPSA) is 70.9 Å². The third-order valence-corrected chi connectivity index (χ3v) is 4.11. The molecule has 2 aromatic heterocycles. The molecule has 2 heterocycles. The van der Waals surface area contributed by atoms with Crippen LogP contribution in [0.1, 0.15) is 5.69 Å². The Morgan fingerprint density at radius 2 is 2.20 bits per heavy atom. The van der Waals surface area contributed by atoms with Crippen molar-refractivity contribution in [3.8, 4) is 11.3 Å². The molecule has 0 aliphatic heterocycles. The Balaban J connectivity index is 2.17. The van der Waals surface area contributed by atoms with Crippen molar-refractivity contribution in [2.24, 2.45) is 7.05 Å². The van der Waals surface area contributed by atoms with E-state index >= 15 is 0 Å². The van der Waals surface area contributed by atoms with Crippen molar-refractivity contribution >= 4 is 32.8 Å². The summed E-state index contributed by atoms with van der Waals surface area (Å²) >= 11 is 3.45. The van der Waals surface area contributed by atoms with E-state index in [1.54, 1.807) is 0 Å². The smallest absolute Gasteiger partial charge is 0.309 e. The number of aliphatic carboxylic acids is 1. The van der Waals surface area contributed by atoms with Crippen LogP contribution in [-0.2, 0) is 18.3 Å². The number of rotatable bonds is 3. The fourth-order valence-electron chi connectivity index (χ4n) is 2.34. The monoisotopic (exact) mass is 333 g/mol. The zero-order valence-electron chi connectivity index (χ0n) is 10.7. The Labute approximate surface area is 123 Å². The Hall–Kier alpha value is -2.08.